The summed E-state index contributed by atoms with van der Waals surface area (Å²) in [7, 11) is 0. The first kappa shape index (κ1) is 16.9. The van der Waals surface area contributed by atoms with Crippen LogP contribution in [0.3, 0.4) is 0 Å². The van der Waals surface area contributed by atoms with Crippen LogP contribution in [0.5, 0.6) is 0 Å². The van der Waals surface area contributed by atoms with Crippen LogP contribution in [0.4, 0.5) is 5.69 Å². The van der Waals surface area contributed by atoms with Crippen LogP contribution in [0.25, 0.3) is 6.08 Å². The third-order valence-corrected chi connectivity index (χ3v) is 3.46. The van der Waals surface area contributed by atoms with E-state index in [0.29, 0.717) is 36.2 Å². The van der Waals surface area contributed by atoms with E-state index < -0.39 is 0 Å². The molecule has 0 unspecified atom stereocenters. The van der Waals surface area contributed by atoms with Crippen LogP contribution in [-0.4, -0.2) is 28.8 Å². The second-order valence-electron chi connectivity index (χ2n) is 4.80. The fraction of sp³-hybridized carbons (Fsp3) is 0.438. The first-order valence-corrected chi connectivity index (χ1v) is 7.19. The Bertz CT molecular complexity index is 561. The highest BCUT2D eigenvalue weighted by Crippen LogP contribution is 2.22. The number of likely N-dealkylation sites (N-methyl/N-ethyl adjacent to an activating group) is 1. The molecule has 0 fully saturated rings. The number of hydrogen-bond acceptors (Lipinski definition) is 3. The zero-order valence-corrected chi connectivity index (χ0v) is 13.0. The Hall–Kier alpha value is -2.17. The number of hydrogen-bond donors (Lipinski definition) is 0. The number of rotatable bonds is 6. The van der Waals surface area contributed by atoms with Crippen molar-refractivity contribution in [1.29, 1.82) is 0 Å². The molecule has 1 aromatic carbocycles. The van der Waals surface area contributed by atoms with E-state index in [2.05, 4.69) is 0 Å². The minimum atomic E-state index is -0.377. The molecule has 0 atom stereocenters. The first-order chi connectivity index (χ1) is 9.94. The summed E-state index contributed by atoms with van der Waals surface area (Å²) in [6.45, 7) is 8.77. The number of nitro groups is 1. The molecule has 0 aliphatic heterocycles. The van der Waals surface area contributed by atoms with Crippen molar-refractivity contribution in [3.63, 3.8) is 0 Å². The lowest BCUT2D eigenvalue weighted by molar-refractivity contribution is -0.385. The van der Waals surface area contributed by atoms with Crippen LogP contribution >= 0.6 is 0 Å². The topological polar surface area (TPSA) is 63.5 Å². The van der Waals surface area contributed by atoms with Crippen molar-refractivity contribution >= 4 is 17.7 Å². The largest absolute Gasteiger partial charge is 0.339 e. The zero-order valence-electron chi connectivity index (χ0n) is 13.0. The number of nitrogens with zero attached hydrogens (tertiary/aromatic N) is 2. The molecule has 1 rings (SSSR count). The lowest BCUT2D eigenvalue weighted by Gasteiger charge is -2.18. The molecule has 0 radical (unpaired) electrons. The minimum Gasteiger partial charge on any atom is -0.339 e. The minimum absolute atomic E-state index is 0.0396. The molecular weight excluding hydrogens is 268 g/mol. The fourth-order valence-electron chi connectivity index (χ4n) is 2.21. The van der Waals surface area contributed by atoms with Gasteiger partial charge in [0.05, 0.1) is 4.92 Å². The molecule has 0 N–H and O–H groups in total. The third kappa shape index (κ3) is 4.15. The maximum atomic E-state index is 12.2. The Morgan fingerprint density at radius 1 is 1.29 bits per heavy atom. The second-order valence-corrected chi connectivity index (χ2v) is 4.80. The molecule has 1 amide bonds. The van der Waals surface area contributed by atoms with Gasteiger partial charge in [-0.1, -0.05) is 19.1 Å². The average Bonchev–Trinajstić information content (AvgIpc) is 2.48. The molecule has 0 aliphatic rings. The molecule has 0 aliphatic carbocycles. The highest BCUT2D eigenvalue weighted by atomic mass is 16.6. The fourth-order valence-corrected chi connectivity index (χ4v) is 2.21. The number of nitro benzene ring substituents is 1. The molecule has 114 valence electrons. The predicted octanol–water partition coefficient (Wildman–Crippen LogP) is 3.43. The summed E-state index contributed by atoms with van der Waals surface area (Å²) >= 11 is 0. The maximum Gasteiger partial charge on any atom is 0.273 e. The van der Waals surface area contributed by atoms with Gasteiger partial charge >= 0.3 is 0 Å². The van der Waals surface area contributed by atoms with E-state index in [9.17, 15) is 14.9 Å². The Balaban J connectivity index is 3.11. The molecular formula is C16H22N2O3. The third-order valence-electron chi connectivity index (χ3n) is 3.46. The number of amides is 1. The van der Waals surface area contributed by atoms with E-state index in [0.717, 1.165) is 0 Å². The van der Waals surface area contributed by atoms with Gasteiger partial charge in [-0.3, -0.25) is 14.9 Å². The van der Waals surface area contributed by atoms with Crippen molar-refractivity contribution in [3.8, 4) is 0 Å². The van der Waals surface area contributed by atoms with Gasteiger partial charge in [0.25, 0.3) is 5.69 Å². The summed E-state index contributed by atoms with van der Waals surface area (Å²) in [4.78, 5) is 24.6. The average molecular weight is 290 g/mol. The van der Waals surface area contributed by atoms with Crippen LogP contribution in [-0.2, 0) is 11.2 Å². The van der Waals surface area contributed by atoms with Gasteiger partial charge in [-0.25, -0.2) is 0 Å². The second kappa shape index (κ2) is 7.57. The summed E-state index contributed by atoms with van der Waals surface area (Å²) in [6, 6.07) is 5.09. The maximum absolute atomic E-state index is 12.2. The van der Waals surface area contributed by atoms with E-state index in [1.54, 1.807) is 24.0 Å². The van der Waals surface area contributed by atoms with Gasteiger partial charge in [-0.05, 0) is 38.8 Å². The van der Waals surface area contributed by atoms with Crippen molar-refractivity contribution in [2.24, 2.45) is 0 Å². The van der Waals surface area contributed by atoms with Crippen LogP contribution < -0.4 is 0 Å². The van der Waals surface area contributed by atoms with Crippen LogP contribution in [0.1, 0.15) is 38.8 Å². The molecule has 0 saturated heterocycles. The van der Waals surface area contributed by atoms with Gasteiger partial charge in [0.1, 0.15) is 0 Å². The van der Waals surface area contributed by atoms with Gasteiger partial charge in [-0.2, -0.15) is 0 Å². The normalized spacial score (nSPS) is 11.3. The van der Waals surface area contributed by atoms with E-state index in [1.165, 1.54) is 6.07 Å². The molecule has 0 aromatic heterocycles. The number of carbonyl (C=O) groups is 1. The summed E-state index contributed by atoms with van der Waals surface area (Å²) < 4.78 is 0. The Kier molecular flexibility index (Phi) is 6.09. The van der Waals surface area contributed by atoms with Crippen molar-refractivity contribution in [1.82, 2.24) is 4.90 Å². The smallest absolute Gasteiger partial charge is 0.273 e. The number of benzene rings is 1. The first-order valence-electron chi connectivity index (χ1n) is 7.19. The van der Waals surface area contributed by atoms with Crippen molar-refractivity contribution in [2.75, 3.05) is 13.1 Å². The standard InChI is InChI=1S/C16H22N2O3/c1-5-14-9-8-13(11-15(14)18(20)21)10-12(4)16(19)17(6-2)7-3/h8-11H,5-7H2,1-4H3/b12-10+. The van der Waals surface area contributed by atoms with Gasteiger partial charge in [0.15, 0.2) is 0 Å². The number of aryl methyl sites for hydroxylation is 1. The van der Waals surface area contributed by atoms with E-state index >= 15 is 0 Å². The van der Waals surface area contributed by atoms with Crippen LogP contribution in [0.2, 0.25) is 0 Å². The molecule has 0 heterocycles. The summed E-state index contributed by atoms with van der Waals surface area (Å²) in [5.41, 5.74) is 2.06. The molecule has 0 bridgehead atoms. The van der Waals surface area contributed by atoms with E-state index in [-0.39, 0.29) is 16.5 Å². The summed E-state index contributed by atoms with van der Waals surface area (Å²) in [5, 5.41) is 11.1. The summed E-state index contributed by atoms with van der Waals surface area (Å²) in [6.07, 6.45) is 2.31. The van der Waals surface area contributed by atoms with Gasteiger partial charge in [0, 0.05) is 30.3 Å². The molecule has 5 heteroatoms. The summed E-state index contributed by atoms with van der Waals surface area (Å²) in [5.74, 6) is -0.0396. The molecule has 21 heavy (non-hydrogen) atoms. The van der Waals surface area contributed by atoms with E-state index in [1.807, 2.05) is 26.8 Å². The molecule has 0 spiro atoms. The molecule has 1 aromatic rings. The monoisotopic (exact) mass is 290 g/mol. The molecule has 0 saturated carbocycles. The SMILES string of the molecule is CCc1ccc(/C=C(\C)C(=O)N(CC)CC)cc1[N+](=O)[O-]. The Morgan fingerprint density at radius 3 is 2.38 bits per heavy atom. The Labute approximate surface area is 125 Å². The predicted molar refractivity (Wildman–Crippen MR) is 84.1 cm³/mol. The lowest BCUT2D eigenvalue weighted by atomic mass is 10.0. The zero-order chi connectivity index (χ0) is 16.0. The van der Waals surface area contributed by atoms with Gasteiger partial charge < -0.3 is 4.90 Å². The van der Waals surface area contributed by atoms with Crippen molar-refractivity contribution < 1.29 is 9.72 Å². The molecule has 5 nitrogen and oxygen atoms in total. The van der Waals surface area contributed by atoms with Gasteiger partial charge in [-0.15, -0.1) is 0 Å². The van der Waals surface area contributed by atoms with Gasteiger partial charge in [0.2, 0.25) is 5.91 Å². The quantitative estimate of drug-likeness (QED) is 0.458. The van der Waals surface area contributed by atoms with Crippen molar-refractivity contribution in [3.05, 3.63) is 45.0 Å². The lowest BCUT2D eigenvalue weighted by Crippen LogP contribution is -2.30. The highest BCUT2D eigenvalue weighted by Gasteiger charge is 2.14. The number of carbonyl (C=O) groups excluding carboxylic acids is 1. The van der Waals surface area contributed by atoms with E-state index in [4.69, 9.17) is 0 Å². The van der Waals surface area contributed by atoms with Crippen LogP contribution in [0.15, 0.2) is 23.8 Å². The highest BCUT2D eigenvalue weighted by molar-refractivity contribution is 5.97. The van der Waals surface area contributed by atoms with Crippen molar-refractivity contribution in [2.45, 2.75) is 34.1 Å². The van der Waals surface area contributed by atoms with Crippen LogP contribution in [0, 0.1) is 10.1 Å². The Morgan fingerprint density at radius 2 is 1.90 bits per heavy atom.